The monoisotopic (exact) mass is 115 g/mol. The summed E-state index contributed by atoms with van der Waals surface area (Å²) in [6, 6.07) is 0.488. The molecule has 2 heteroatoms. The Labute approximate surface area is 50.2 Å². The number of hydrogen-bond donors (Lipinski definition) is 1. The first-order chi connectivity index (χ1) is 3.63. The van der Waals surface area contributed by atoms with E-state index in [0.29, 0.717) is 12.8 Å². The fourth-order valence-corrected chi connectivity index (χ4v) is 0.723. The quantitative estimate of drug-likeness (QED) is 0.502. The van der Waals surface area contributed by atoms with E-state index in [1.165, 1.54) is 0 Å². The molecule has 1 saturated heterocycles. The van der Waals surface area contributed by atoms with Crippen LogP contribution >= 0.6 is 0 Å². The molecule has 0 aliphatic carbocycles. The average molecular weight is 115 g/mol. The lowest BCUT2D eigenvalue weighted by molar-refractivity contribution is 0.0297. The number of ether oxygens (including phenoxy) is 1. The smallest absolute Gasteiger partial charge is 0.0976 e. The van der Waals surface area contributed by atoms with Crippen molar-refractivity contribution in [2.24, 2.45) is 0 Å². The van der Waals surface area contributed by atoms with Gasteiger partial charge in [-0.1, -0.05) is 0 Å². The van der Waals surface area contributed by atoms with Crippen LogP contribution < -0.4 is 5.32 Å². The van der Waals surface area contributed by atoms with E-state index in [2.05, 4.69) is 26.1 Å². The third-order valence-electron chi connectivity index (χ3n) is 1.88. The molecule has 8 heavy (non-hydrogen) atoms. The summed E-state index contributed by atoms with van der Waals surface area (Å²) in [6.07, 6.45) is 0. The van der Waals surface area contributed by atoms with Crippen molar-refractivity contribution in [1.82, 2.24) is 5.32 Å². The summed E-state index contributed by atoms with van der Waals surface area (Å²) in [5, 5.41) is 3.19. The van der Waals surface area contributed by atoms with Gasteiger partial charge in [-0.15, -0.1) is 0 Å². The zero-order valence-electron chi connectivity index (χ0n) is 5.69. The first kappa shape index (κ1) is 6.05. The van der Waals surface area contributed by atoms with E-state index in [1.54, 1.807) is 0 Å². The molecule has 1 atom stereocenters. The molecular weight excluding hydrogens is 102 g/mol. The van der Waals surface area contributed by atoms with Gasteiger partial charge < -0.3 is 4.74 Å². The van der Waals surface area contributed by atoms with Crippen LogP contribution in [-0.2, 0) is 4.74 Å². The van der Waals surface area contributed by atoms with Crippen LogP contribution in [0.25, 0.3) is 0 Å². The third-order valence-corrected chi connectivity index (χ3v) is 1.88. The van der Waals surface area contributed by atoms with Gasteiger partial charge in [0.05, 0.1) is 12.3 Å². The Kier molecular flexibility index (Phi) is 1.29. The molecule has 1 N–H and O–H groups in total. The van der Waals surface area contributed by atoms with E-state index < -0.39 is 0 Å². The highest BCUT2D eigenvalue weighted by atomic mass is 16.5. The number of nitrogens with one attached hydrogen (secondary N) is 1. The summed E-state index contributed by atoms with van der Waals surface area (Å²) in [5.74, 6) is 0. The number of hydrogen-bond acceptors (Lipinski definition) is 2. The lowest BCUT2D eigenvalue weighted by Gasteiger charge is -2.20. The van der Waals surface area contributed by atoms with Crippen LogP contribution in [0, 0.1) is 0 Å². The first-order valence-corrected chi connectivity index (χ1v) is 3.00. The summed E-state index contributed by atoms with van der Waals surface area (Å²) in [6.45, 7) is 7.02. The first-order valence-electron chi connectivity index (χ1n) is 3.00. The van der Waals surface area contributed by atoms with Gasteiger partial charge in [-0.25, -0.2) is 0 Å². The highest BCUT2D eigenvalue weighted by molar-refractivity contribution is 4.85. The summed E-state index contributed by atoms with van der Waals surface area (Å²) in [7, 11) is 0. The van der Waals surface area contributed by atoms with E-state index >= 15 is 0 Å². The fraction of sp³-hybridized carbons (Fsp3) is 1.00. The zero-order valence-corrected chi connectivity index (χ0v) is 5.69. The van der Waals surface area contributed by atoms with E-state index in [4.69, 9.17) is 4.74 Å². The van der Waals surface area contributed by atoms with Crippen molar-refractivity contribution < 1.29 is 4.74 Å². The van der Waals surface area contributed by atoms with Gasteiger partial charge in [-0.2, -0.15) is 0 Å². The molecule has 2 nitrogen and oxygen atoms in total. The maximum Gasteiger partial charge on any atom is 0.0976 e. The lowest BCUT2D eigenvalue weighted by atomic mass is 10.0. The zero-order chi connectivity index (χ0) is 6.20. The van der Waals surface area contributed by atoms with Gasteiger partial charge in [0.15, 0.2) is 0 Å². The molecule has 0 amide bonds. The normalized spacial score (nSPS) is 35.6. The standard InChI is InChI=1S/C6H13NO/c1-5-6(2,3)8-4-7-5/h5,7H,4H2,1-3H3. The molecule has 0 bridgehead atoms. The molecule has 1 aliphatic heterocycles. The van der Waals surface area contributed by atoms with E-state index in [-0.39, 0.29) is 5.60 Å². The highest BCUT2D eigenvalue weighted by Gasteiger charge is 2.31. The molecule has 48 valence electrons. The van der Waals surface area contributed by atoms with Crippen molar-refractivity contribution >= 4 is 0 Å². The molecule has 1 aliphatic rings. The summed E-state index contributed by atoms with van der Waals surface area (Å²) in [5.41, 5.74) is 0.0417. The molecule has 0 aromatic heterocycles. The molecule has 1 fully saturated rings. The molecule has 0 radical (unpaired) electrons. The Morgan fingerprint density at radius 1 is 1.62 bits per heavy atom. The average Bonchev–Trinajstić information content (AvgIpc) is 1.86. The minimum Gasteiger partial charge on any atom is -0.359 e. The molecule has 0 saturated carbocycles. The van der Waals surface area contributed by atoms with Crippen molar-refractivity contribution in [1.29, 1.82) is 0 Å². The summed E-state index contributed by atoms with van der Waals surface area (Å²) in [4.78, 5) is 0. The van der Waals surface area contributed by atoms with Crippen LogP contribution in [0.4, 0.5) is 0 Å². The van der Waals surface area contributed by atoms with Gasteiger partial charge >= 0.3 is 0 Å². The van der Waals surface area contributed by atoms with Gasteiger partial charge in [0.25, 0.3) is 0 Å². The molecule has 0 aromatic rings. The maximum absolute atomic E-state index is 5.34. The molecule has 1 rings (SSSR count). The Balaban J connectivity index is 2.54. The maximum atomic E-state index is 5.34. The molecule has 0 aromatic carbocycles. The second-order valence-corrected chi connectivity index (χ2v) is 2.82. The molecular formula is C6H13NO. The van der Waals surface area contributed by atoms with Crippen molar-refractivity contribution in [3.8, 4) is 0 Å². The van der Waals surface area contributed by atoms with Crippen LogP contribution in [0.5, 0.6) is 0 Å². The van der Waals surface area contributed by atoms with Crippen LogP contribution in [-0.4, -0.2) is 18.4 Å². The van der Waals surface area contributed by atoms with Crippen LogP contribution in [0.2, 0.25) is 0 Å². The molecule has 0 spiro atoms. The van der Waals surface area contributed by atoms with E-state index in [1.807, 2.05) is 0 Å². The van der Waals surface area contributed by atoms with Crippen molar-refractivity contribution in [3.05, 3.63) is 0 Å². The Morgan fingerprint density at radius 2 is 2.25 bits per heavy atom. The van der Waals surface area contributed by atoms with Gasteiger partial charge in [-0.05, 0) is 20.8 Å². The van der Waals surface area contributed by atoms with Gasteiger partial charge in [0, 0.05) is 6.04 Å². The van der Waals surface area contributed by atoms with E-state index in [0.717, 1.165) is 0 Å². The van der Waals surface area contributed by atoms with Crippen molar-refractivity contribution in [3.63, 3.8) is 0 Å². The lowest BCUT2D eigenvalue weighted by Crippen LogP contribution is -2.35. The van der Waals surface area contributed by atoms with Crippen LogP contribution in [0.1, 0.15) is 20.8 Å². The minimum absolute atomic E-state index is 0.0417. The predicted octanol–water partition coefficient (Wildman–Crippen LogP) is 0.731. The fourth-order valence-electron chi connectivity index (χ4n) is 0.723. The topological polar surface area (TPSA) is 21.3 Å². The Morgan fingerprint density at radius 3 is 2.38 bits per heavy atom. The summed E-state index contributed by atoms with van der Waals surface area (Å²) >= 11 is 0. The second-order valence-electron chi connectivity index (χ2n) is 2.82. The number of rotatable bonds is 0. The van der Waals surface area contributed by atoms with Gasteiger partial charge in [0.2, 0.25) is 0 Å². The van der Waals surface area contributed by atoms with Gasteiger partial charge in [-0.3, -0.25) is 5.32 Å². The largest absolute Gasteiger partial charge is 0.359 e. The van der Waals surface area contributed by atoms with Crippen molar-refractivity contribution in [2.45, 2.75) is 32.4 Å². The highest BCUT2D eigenvalue weighted by Crippen LogP contribution is 2.18. The van der Waals surface area contributed by atoms with Crippen molar-refractivity contribution in [2.75, 3.05) is 6.73 Å². The SMILES string of the molecule is CC1NCOC1(C)C. The molecule has 1 heterocycles. The second kappa shape index (κ2) is 1.71. The van der Waals surface area contributed by atoms with Crippen LogP contribution in [0.15, 0.2) is 0 Å². The minimum atomic E-state index is 0.0417. The predicted molar refractivity (Wildman–Crippen MR) is 32.6 cm³/mol. The Hall–Kier alpha value is -0.0800. The molecule has 1 unspecified atom stereocenters. The third kappa shape index (κ3) is 0.858. The Bertz CT molecular complexity index is 90.5. The van der Waals surface area contributed by atoms with Gasteiger partial charge in [0.1, 0.15) is 0 Å². The van der Waals surface area contributed by atoms with E-state index in [9.17, 15) is 0 Å². The summed E-state index contributed by atoms with van der Waals surface area (Å²) < 4.78 is 5.34. The van der Waals surface area contributed by atoms with Crippen LogP contribution in [0.3, 0.4) is 0 Å².